The van der Waals surface area contributed by atoms with E-state index in [0.29, 0.717) is 0 Å². The molecule has 0 spiro atoms. The molecule has 0 radical (unpaired) electrons. The molecular formula is C7H14N2O2. The molecule has 4 nitrogen and oxygen atoms in total. The molecule has 0 unspecified atom stereocenters. The van der Waals surface area contributed by atoms with Gasteiger partial charge in [0.2, 0.25) is 5.91 Å². The molecule has 0 aliphatic heterocycles. The SMILES string of the molecule is CNC(=O)C[C@H](NC)C(C)=O. The molecule has 0 saturated carbocycles. The molecule has 0 rings (SSSR count). The minimum absolute atomic E-state index is 0.0175. The van der Waals surface area contributed by atoms with Crippen LogP contribution < -0.4 is 10.6 Å². The van der Waals surface area contributed by atoms with E-state index in [9.17, 15) is 9.59 Å². The van der Waals surface area contributed by atoms with Crippen molar-refractivity contribution in [3.05, 3.63) is 0 Å². The van der Waals surface area contributed by atoms with Crippen LogP contribution in [-0.4, -0.2) is 31.8 Å². The van der Waals surface area contributed by atoms with Crippen LogP contribution in [0.5, 0.6) is 0 Å². The van der Waals surface area contributed by atoms with Gasteiger partial charge < -0.3 is 10.6 Å². The molecule has 11 heavy (non-hydrogen) atoms. The van der Waals surface area contributed by atoms with Gasteiger partial charge in [0.25, 0.3) is 0 Å². The second-order valence-corrected chi connectivity index (χ2v) is 2.33. The maximum absolute atomic E-state index is 10.8. The highest BCUT2D eigenvalue weighted by molar-refractivity contribution is 5.87. The van der Waals surface area contributed by atoms with Crippen molar-refractivity contribution in [1.82, 2.24) is 10.6 Å². The van der Waals surface area contributed by atoms with Crippen LogP contribution in [0.2, 0.25) is 0 Å². The monoisotopic (exact) mass is 158 g/mol. The van der Waals surface area contributed by atoms with Crippen molar-refractivity contribution in [1.29, 1.82) is 0 Å². The first-order chi connectivity index (χ1) is 5.11. The van der Waals surface area contributed by atoms with E-state index in [2.05, 4.69) is 10.6 Å². The lowest BCUT2D eigenvalue weighted by molar-refractivity contribution is -0.125. The average molecular weight is 158 g/mol. The van der Waals surface area contributed by atoms with Crippen molar-refractivity contribution in [3.8, 4) is 0 Å². The Labute approximate surface area is 66.4 Å². The number of likely N-dealkylation sites (N-methyl/N-ethyl adjacent to an activating group) is 1. The van der Waals surface area contributed by atoms with Crippen molar-refractivity contribution < 1.29 is 9.59 Å². The summed E-state index contributed by atoms with van der Waals surface area (Å²) >= 11 is 0. The van der Waals surface area contributed by atoms with E-state index in [1.165, 1.54) is 6.92 Å². The van der Waals surface area contributed by atoms with Crippen molar-refractivity contribution in [2.24, 2.45) is 0 Å². The van der Waals surface area contributed by atoms with Gasteiger partial charge in [-0.25, -0.2) is 0 Å². The Hall–Kier alpha value is -0.900. The third-order valence-corrected chi connectivity index (χ3v) is 1.51. The van der Waals surface area contributed by atoms with Gasteiger partial charge in [-0.2, -0.15) is 0 Å². The minimum atomic E-state index is -0.352. The minimum Gasteiger partial charge on any atom is -0.359 e. The molecule has 2 N–H and O–H groups in total. The number of hydrogen-bond acceptors (Lipinski definition) is 3. The van der Waals surface area contributed by atoms with Gasteiger partial charge >= 0.3 is 0 Å². The summed E-state index contributed by atoms with van der Waals surface area (Å²) in [7, 11) is 3.21. The van der Waals surface area contributed by atoms with Crippen molar-refractivity contribution in [2.45, 2.75) is 19.4 Å². The zero-order valence-electron chi connectivity index (χ0n) is 7.10. The van der Waals surface area contributed by atoms with Gasteiger partial charge in [-0.15, -0.1) is 0 Å². The molecule has 1 amide bonds. The van der Waals surface area contributed by atoms with Crippen LogP contribution in [0.3, 0.4) is 0 Å². The van der Waals surface area contributed by atoms with Crippen molar-refractivity contribution >= 4 is 11.7 Å². The highest BCUT2D eigenvalue weighted by Crippen LogP contribution is 1.91. The first kappa shape index (κ1) is 10.1. The summed E-state index contributed by atoms with van der Waals surface area (Å²) in [5.41, 5.74) is 0. The molecule has 0 bridgehead atoms. The van der Waals surface area contributed by atoms with Crippen LogP contribution in [0, 0.1) is 0 Å². The fraction of sp³-hybridized carbons (Fsp3) is 0.714. The number of rotatable bonds is 4. The summed E-state index contributed by atoms with van der Waals surface area (Å²) < 4.78 is 0. The van der Waals surface area contributed by atoms with Crippen LogP contribution >= 0.6 is 0 Å². The zero-order chi connectivity index (χ0) is 8.85. The second kappa shape index (κ2) is 4.85. The molecule has 0 aromatic carbocycles. The maximum Gasteiger partial charge on any atom is 0.221 e. The van der Waals surface area contributed by atoms with Gasteiger partial charge in [-0.3, -0.25) is 9.59 Å². The van der Waals surface area contributed by atoms with Gasteiger partial charge in [0.05, 0.1) is 6.04 Å². The predicted molar refractivity (Wildman–Crippen MR) is 42.2 cm³/mol. The molecule has 0 fully saturated rings. The lowest BCUT2D eigenvalue weighted by atomic mass is 10.1. The third kappa shape index (κ3) is 3.72. The van der Waals surface area contributed by atoms with Gasteiger partial charge in [-0.05, 0) is 14.0 Å². The molecule has 0 aliphatic rings. The Balaban J connectivity index is 3.88. The lowest BCUT2D eigenvalue weighted by Gasteiger charge is -2.10. The van der Waals surface area contributed by atoms with E-state index in [4.69, 9.17) is 0 Å². The predicted octanol–water partition coefficient (Wildman–Crippen LogP) is -0.701. The van der Waals surface area contributed by atoms with Gasteiger partial charge in [0.15, 0.2) is 0 Å². The number of carbonyl (C=O) groups excluding carboxylic acids is 2. The Kier molecular flexibility index (Phi) is 4.45. The lowest BCUT2D eigenvalue weighted by Crippen LogP contribution is -2.37. The van der Waals surface area contributed by atoms with E-state index >= 15 is 0 Å². The number of carbonyl (C=O) groups is 2. The molecule has 0 aromatic heterocycles. The first-order valence-electron chi connectivity index (χ1n) is 3.50. The highest BCUT2D eigenvalue weighted by atomic mass is 16.2. The molecule has 1 atom stereocenters. The third-order valence-electron chi connectivity index (χ3n) is 1.51. The number of nitrogens with one attached hydrogen (secondary N) is 2. The molecule has 4 heteroatoms. The maximum atomic E-state index is 10.8. The standard InChI is InChI=1S/C7H14N2O2/c1-5(10)6(8-2)4-7(11)9-3/h6,8H,4H2,1-3H3,(H,9,11)/t6-/m0/s1. The zero-order valence-corrected chi connectivity index (χ0v) is 7.10. The van der Waals surface area contributed by atoms with Crippen LogP contribution in [-0.2, 0) is 9.59 Å². The summed E-state index contributed by atoms with van der Waals surface area (Å²) in [5, 5.41) is 5.21. The molecular weight excluding hydrogens is 144 g/mol. The number of Topliss-reactive ketones (excluding diaryl/α,β-unsaturated/α-hetero) is 1. The van der Waals surface area contributed by atoms with Gasteiger partial charge in [0.1, 0.15) is 5.78 Å². The number of hydrogen-bond donors (Lipinski definition) is 2. The summed E-state index contributed by atoms with van der Waals surface area (Å²) in [5.74, 6) is -0.143. The molecule has 64 valence electrons. The van der Waals surface area contributed by atoms with Crippen molar-refractivity contribution in [3.63, 3.8) is 0 Å². The smallest absolute Gasteiger partial charge is 0.221 e. The Morgan fingerprint density at radius 1 is 1.36 bits per heavy atom. The molecule has 0 aliphatic carbocycles. The second-order valence-electron chi connectivity index (χ2n) is 2.33. The summed E-state index contributed by atoms with van der Waals surface area (Å²) in [4.78, 5) is 21.6. The molecule has 0 heterocycles. The van der Waals surface area contributed by atoms with E-state index < -0.39 is 0 Å². The summed E-state index contributed by atoms with van der Waals surface area (Å²) in [6.07, 6.45) is 0.211. The number of ketones is 1. The average Bonchev–Trinajstić information content (AvgIpc) is 1.99. The Morgan fingerprint density at radius 3 is 2.18 bits per heavy atom. The summed E-state index contributed by atoms with van der Waals surface area (Å²) in [6, 6.07) is -0.352. The number of amides is 1. The normalized spacial score (nSPS) is 12.3. The van der Waals surface area contributed by atoms with Gasteiger partial charge in [-0.1, -0.05) is 0 Å². The fourth-order valence-corrected chi connectivity index (χ4v) is 0.737. The Morgan fingerprint density at radius 2 is 1.91 bits per heavy atom. The van der Waals surface area contributed by atoms with Crippen LogP contribution in [0.15, 0.2) is 0 Å². The van der Waals surface area contributed by atoms with Crippen molar-refractivity contribution in [2.75, 3.05) is 14.1 Å². The van der Waals surface area contributed by atoms with E-state index in [0.717, 1.165) is 0 Å². The van der Waals surface area contributed by atoms with Crippen LogP contribution in [0.25, 0.3) is 0 Å². The van der Waals surface area contributed by atoms with Crippen LogP contribution in [0.4, 0.5) is 0 Å². The largest absolute Gasteiger partial charge is 0.359 e. The summed E-state index contributed by atoms with van der Waals surface area (Å²) in [6.45, 7) is 1.46. The molecule has 0 aromatic rings. The van der Waals surface area contributed by atoms with Crippen LogP contribution in [0.1, 0.15) is 13.3 Å². The van der Waals surface area contributed by atoms with Gasteiger partial charge in [0, 0.05) is 13.5 Å². The van der Waals surface area contributed by atoms with E-state index in [1.54, 1.807) is 14.1 Å². The van der Waals surface area contributed by atoms with E-state index in [1.807, 2.05) is 0 Å². The topological polar surface area (TPSA) is 58.2 Å². The quantitative estimate of drug-likeness (QED) is 0.568. The fourth-order valence-electron chi connectivity index (χ4n) is 0.737. The molecule has 0 saturated heterocycles. The Bertz CT molecular complexity index is 157. The first-order valence-corrected chi connectivity index (χ1v) is 3.50. The highest BCUT2D eigenvalue weighted by Gasteiger charge is 2.14. The van der Waals surface area contributed by atoms with E-state index in [-0.39, 0.29) is 24.2 Å².